The van der Waals surface area contributed by atoms with E-state index in [-0.39, 0.29) is 12.8 Å². The van der Waals surface area contributed by atoms with Gasteiger partial charge < -0.3 is 0 Å². The van der Waals surface area contributed by atoms with Gasteiger partial charge in [0, 0.05) is 0 Å². The molecule has 0 unspecified atom stereocenters. The summed E-state index contributed by atoms with van der Waals surface area (Å²) < 4.78 is 6.06. The van der Waals surface area contributed by atoms with Gasteiger partial charge in [-0.1, -0.05) is 0 Å². The second-order valence-electron chi connectivity index (χ2n) is 8.57. The summed E-state index contributed by atoms with van der Waals surface area (Å²) in [6.45, 7) is 2.66. The number of aliphatic carboxylic acids is 2. The van der Waals surface area contributed by atoms with Crippen LogP contribution in [0.3, 0.4) is 0 Å². The van der Waals surface area contributed by atoms with Crippen LogP contribution in [0.2, 0.25) is 0 Å². The number of benzene rings is 2. The van der Waals surface area contributed by atoms with Crippen molar-refractivity contribution in [1.29, 1.82) is 0 Å². The van der Waals surface area contributed by atoms with E-state index in [0.29, 0.717) is 49.7 Å². The van der Waals surface area contributed by atoms with Gasteiger partial charge in [-0.3, -0.25) is 0 Å². The summed E-state index contributed by atoms with van der Waals surface area (Å²) >= 11 is 22.4. The predicted molar refractivity (Wildman–Crippen MR) is 157 cm³/mol. The van der Waals surface area contributed by atoms with Gasteiger partial charge in [-0.15, -0.1) is 0 Å². The van der Waals surface area contributed by atoms with E-state index >= 15 is 0 Å². The van der Waals surface area contributed by atoms with Crippen molar-refractivity contribution in [2.75, 3.05) is 59.5 Å². The van der Waals surface area contributed by atoms with Crippen molar-refractivity contribution in [3.05, 3.63) is 59.7 Å². The van der Waals surface area contributed by atoms with Crippen molar-refractivity contribution in [1.82, 2.24) is 7.06 Å². The molecule has 218 valence electrons. The maximum atomic E-state index is 11.9. The molecule has 0 aliphatic carbocycles. The molecule has 0 amide bonds. The van der Waals surface area contributed by atoms with Crippen molar-refractivity contribution < 1.29 is 41.6 Å². The predicted octanol–water partition coefficient (Wildman–Crippen LogP) is 1.04. The van der Waals surface area contributed by atoms with E-state index in [1.807, 2.05) is 48.5 Å². The second-order valence-corrected chi connectivity index (χ2v) is 11.9. The molecule has 2 rings (SSSR count). The fourth-order valence-corrected chi connectivity index (χ4v) is 6.53. The fourth-order valence-electron chi connectivity index (χ4n) is 3.81. The van der Waals surface area contributed by atoms with Crippen molar-refractivity contribution in [3.63, 3.8) is 0 Å². The van der Waals surface area contributed by atoms with Crippen LogP contribution in [0, 0.1) is 0 Å². The summed E-state index contributed by atoms with van der Waals surface area (Å²) in [5.74, 6) is -0.0788. The number of alkyl halides is 4. The third-order valence-corrected chi connectivity index (χ3v) is 8.67. The number of hydrogen-bond donors (Lipinski definition) is 4. The van der Waals surface area contributed by atoms with E-state index in [0.717, 1.165) is 22.5 Å². The molecule has 2 atom stereocenters. The van der Waals surface area contributed by atoms with Crippen LogP contribution in [-0.2, 0) is 22.4 Å². The van der Waals surface area contributed by atoms with Gasteiger partial charge in [-0.25, -0.2) is 0 Å². The zero-order valence-electron chi connectivity index (χ0n) is 21.3. The van der Waals surface area contributed by atoms with Crippen LogP contribution in [0.25, 0.3) is 0 Å². The molecule has 0 radical (unpaired) electrons. The van der Waals surface area contributed by atoms with E-state index in [1.54, 1.807) is 0 Å². The normalized spacial score (nSPS) is 12.7. The number of carboxylic acids is 2. The van der Waals surface area contributed by atoms with Crippen LogP contribution >= 0.6 is 46.4 Å². The van der Waals surface area contributed by atoms with Gasteiger partial charge in [0.25, 0.3) is 0 Å². The first-order chi connectivity index (χ1) is 18.8. The molecule has 13 heteroatoms. The Balaban J connectivity index is 1.95. The number of nitrogens with zero attached hydrogens (tertiary/aromatic N) is 2. The molecule has 2 aromatic carbocycles. The molecule has 4 N–H and O–H groups in total. The number of rotatable bonds is 20. The second kappa shape index (κ2) is 19.0. The van der Waals surface area contributed by atoms with E-state index < -0.39 is 45.8 Å². The van der Waals surface area contributed by atoms with E-state index in [2.05, 4.69) is 16.9 Å². The summed E-state index contributed by atoms with van der Waals surface area (Å²) in [7, 11) is 0. The Kier molecular flexibility index (Phi) is 16.6. The van der Waals surface area contributed by atoms with Gasteiger partial charge in [0.1, 0.15) is 0 Å². The molecule has 0 spiro atoms. The molecule has 0 aliphatic heterocycles. The third-order valence-electron chi connectivity index (χ3n) is 5.87. The monoisotopic (exact) mass is 733 g/mol. The molecule has 0 fully saturated rings. The van der Waals surface area contributed by atoms with Gasteiger partial charge in [0.15, 0.2) is 0 Å². The molecule has 8 nitrogen and oxygen atoms in total. The number of nitrogens with one attached hydrogen (secondary N) is 2. The van der Waals surface area contributed by atoms with E-state index in [4.69, 9.17) is 46.4 Å². The molecule has 2 aromatic rings. The van der Waals surface area contributed by atoms with Gasteiger partial charge in [-0.05, 0) is 0 Å². The first-order valence-electron chi connectivity index (χ1n) is 12.3. The van der Waals surface area contributed by atoms with Crippen molar-refractivity contribution >= 4 is 69.7 Å². The quantitative estimate of drug-likeness (QED) is 0.0911. The first-order valence-corrected chi connectivity index (χ1v) is 16.6. The number of hydrogen-bond acceptors (Lipinski definition) is 6. The zero-order valence-corrected chi connectivity index (χ0v) is 26.5. The Morgan fingerprint density at radius 1 is 0.641 bits per heavy atom. The minimum absolute atomic E-state index is 0.266. The van der Waals surface area contributed by atoms with Crippen LogP contribution in [-0.4, -0.2) is 83.9 Å². The topological polar surface area (TPSA) is 105 Å². The van der Waals surface area contributed by atoms with Crippen LogP contribution < -0.4 is 38.6 Å². The van der Waals surface area contributed by atoms with Gasteiger partial charge in [-0.2, -0.15) is 0 Å². The SMILES string of the molecule is O=C(O)[C@@H](Cc1ccc(N(CCCl)CCCl)cc1)N[I-]N[C@H](Cc1ccc(N(CCCl)CCCl)cc1)C(=O)O. The number of halogens is 5. The Hall–Kier alpha value is -1.21. The van der Waals surface area contributed by atoms with Crippen LogP contribution in [0.15, 0.2) is 48.5 Å². The average molecular weight is 735 g/mol. The molecule has 0 bridgehead atoms. The molecular formula is C26H34Cl4IN4O4-. The van der Waals surface area contributed by atoms with Gasteiger partial charge in [0.2, 0.25) is 0 Å². The standard InChI is InChI=1S/C26H34Cl4IN4O4/c27-9-13-34(14-10-28)21-5-1-19(2-6-21)17-23(25(36)37)32-31-33-24(26(38)39)18-20-3-7-22(8-4-20)35(15-11-29)16-12-30/h1-8,23-24,32-33H,9-18H2,(H,36,37)(H,38,39)/q-1/t23-,24-/m1/s1. The molecule has 0 saturated carbocycles. The van der Waals surface area contributed by atoms with E-state index in [9.17, 15) is 19.8 Å². The molecular weight excluding hydrogens is 701 g/mol. The Morgan fingerprint density at radius 3 is 1.21 bits per heavy atom. The third kappa shape index (κ3) is 12.0. The summed E-state index contributed by atoms with van der Waals surface area (Å²) in [5, 5.41) is 19.5. The van der Waals surface area contributed by atoms with Gasteiger partial charge in [0.05, 0.1) is 0 Å². The van der Waals surface area contributed by atoms with Crippen molar-refractivity contribution in [3.8, 4) is 0 Å². The molecule has 0 aliphatic rings. The van der Waals surface area contributed by atoms with Crippen molar-refractivity contribution in [2.45, 2.75) is 24.9 Å². The summed E-state index contributed by atoms with van der Waals surface area (Å²) in [4.78, 5) is 27.9. The molecule has 0 saturated heterocycles. The van der Waals surface area contributed by atoms with Gasteiger partial charge >= 0.3 is 262 Å². The minimum atomic E-state index is -1.11. The van der Waals surface area contributed by atoms with Crippen LogP contribution in [0.5, 0.6) is 0 Å². The summed E-state index contributed by atoms with van der Waals surface area (Å²) in [5.41, 5.74) is 3.65. The van der Waals surface area contributed by atoms with Crippen LogP contribution in [0.4, 0.5) is 11.4 Å². The number of carboxylic acid groups (broad SMARTS) is 2. The summed E-state index contributed by atoms with van der Waals surface area (Å²) in [6.07, 6.45) is 0.532. The van der Waals surface area contributed by atoms with Crippen LogP contribution in [0.1, 0.15) is 11.1 Å². The molecule has 0 aromatic heterocycles. The van der Waals surface area contributed by atoms with E-state index in [1.165, 1.54) is 0 Å². The maximum absolute atomic E-state index is 11.9. The zero-order chi connectivity index (χ0) is 28.6. The Bertz CT molecular complexity index is 913. The summed E-state index contributed by atoms with van der Waals surface area (Å²) in [6, 6.07) is 13.6. The Labute approximate surface area is 260 Å². The fraction of sp³-hybridized carbons (Fsp3) is 0.462. The Morgan fingerprint density at radius 2 is 0.949 bits per heavy atom. The molecule has 0 heterocycles. The number of anilines is 2. The first kappa shape index (κ1) is 34.0. The molecule has 39 heavy (non-hydrogen) atoms. The van der Waals surface area contributed by atoms with Crippen molar-refractivity contribution in [2.24, 2.45) is 0 Å². The number of carbonyl (C=O) groups is 2. The average Bonchev–Trinajstić information content (AvgIpc) is 2.92.